The van der Waals surface area contributed by atoms with E-state index in [1.807, 2.05) is 0 Å². The molecule has 0 unspecified atom stereocenters. The second kappa shape index (κ2) is 6.52. The number of benzene rings is 2. The summed E-state index contributed by atoms with van der Waals surface area (Å²) >= 11 is 2.97. The highest BCUT2D eigenvalue weighted by Gasteiger charge is 2.37. The molecule has 128 valence electrons. The Balaban J connectivity index is 2.02. The Labute approximate surface area is 148 Å². The van der Waals surface area contributed by atoms with Gasteiger partial charge in [0.25, 0.3) is 0 Å². The molecule has 5 heteroatoms. The van der Waals surface area contributed by atoms with Crippen LogP contribution in [-0.2, 0) is 11.2 Å². The third-order valence-electron chi connectivity index (χ3n) is 4.65. The number of hydrogen-bond donors (Lipinski definition) is 0. The van der Waals surface area contributed by atoms with Crippen molar-refractivity contribution in [1.82, 2.24) is 0 Å². The minimum absolute atomic E-state index is 0.0774. The molecule has 1 aliphatic heterocycles. The molecule has 2 aromatic carbocycles. The van der Waals surface area contributed by atoms with Crippen molar-refractivity contribution in [3.05, 3.63) is 68.9 Å². The highest BCUT2D eigenvalue weighted by atomic mass is 79.9. The minimum atomic E-state index is -0.533. The van der Waals surface area contributed by atoms with E-state index < -0.39 is 11.6 Å². The van der Waals surface area contributed by atoms with Crippen molar-refractivity contribution in [3.8, 4) is 0 Å². The van der Waals surface area contributed by atoms with Crippen LogP contribution in [0.25, 0.3) is 0 Å². The van der Waals surface area contributed by atoms with Crippen LogP contribution in [0.15, 0.2) is 34.8 Å². The molecule has 1 aliphatic rings. The maximum absolute atomic E-state index is 14.2. The Hall–Kier alpha value is -1.33. The number of rotatable bonds is 3. The van der Waals surface area contributed by atoms with Gasteiger partial charge in [-0.05, 0) is 62.3 Å². The van der Waals surface area contributed by atoms with Crippen molar-refractivity contribution in [2.24, 2.45) is 5.41 Å². The van der Waals surface area contributed by atoms with Crippen LogP contribution in [0.1, 0.15) is 36.5 Å². The fourth-order valence-electron chi connectivity index (χ4n) is 3.25. The molecule has 0 amide bonds. The van der Waals surface area contributed by atoms with Gasteiger partial charge in [0, 0.05) is 12.3 Å². The Morgan fingerprint density at radius 3 is 2.50 bits per heavy atom. The summed E-state index contributed by atoms with van der Waals surface area (Å²) in [6.45, 7) is 5.36. The molecule has 0 aromatic heterocycles. The zero-order valence-corrected chi connectivity index (χ0v) is 15.1. The molecule has 0 spiro atoms. The summed E-state index contributed by atoms with van der Waals surface area (Å²) in [6, 6.07) is 6.81. The van der Waals surface area contributed by atoms with Crippen LogP contribution >= 0.6 is 15.9 Å². The Bertz CT molecular complexity index is 773. The van der Waals surface area contributed by atoms with Gasteiger partial charge in [0.2, 0.25) is 0 Å². The average Bonchev–Trinajstić information content (AvgIpc) is 2.84. The summed E-state index contributed by atoms with van der Waals surface area (Å²) in [5.74, 6) is -1.34. The molecule has 0 saturated carbocycles. The summed E-state index contributed by atoms with van der Waals surface area (Å²) in [7, 11) is 0. The normalized spacial score (nSPS) is 19.7. The fraction of sp³-hybridized carbons (Fsp3) is 0.368. The lowest BCUT2D eigenvalue weighted by Gasteiger charge is -2.27. The molecule has 0 aliphatic carbocycles. The molecule has 3 rings (SSSR count). The van der Waals surface area contributed by atoms with E-state index in [-0.39, 0.29) is 33.6 Å². The van der Waals surface area contributed by atoms with Crippen LogP contribution in [0.4, 0.5) is 13.2 Å². The molecule has 1 fully saturated rings. The maximum atomic E-state index is 14.2. The van der Waals surface area contributed by atoms with Crippen LogP contribution in [-0.4, -0.2) is 13.2 Å². The third kappa shape index (κ3) is 3.38. The van der Waals surface area contributed by atoms with Crippen molar-refractivity contribution >= 4 is 15.9 Å². The summed E-state index contributed by atoms with van der Waals surface area (Å²) in [5, 5.41) is 0. The Morgan fingerprint density at radius 2 is 1.83 bits per heavy atom. The monoisotopic (exact) mass is 398 g/mol. The van der Waals surface area contributed by atoms with Gasteiger partial charge in [-0.15, -0.1) is 0 Å². The summed E-state index contributed by atoms with van der Waals surface area (Å²) < 4.78 is 47.4. The average molecular weight is 399 g/mol. The van der Waals surface area contributed by atoms with Crippen LogP contribution in [0.3, 0.4) is 0 Å². The SMILES string of the molecule is CC1(C)COC[C@H]1c1ccc(F)cc1Cc1cc(F)c(Br)cc1F. The van der Waals surface area contributed by atoms with Gasteiger partial charge in [0.1, 0.15) is 17.5 Å². The van der Waals surface area contributed by atoms with E-state index in [1.165, 1.54) is 12.1 Å². The molecular weight excluding hydrogens is 381 g/mol. The van der Waals surface area contributed by atoms with Gasteiger partial charge < -0.3 is 4.74 Å². The first-order chi connectivity index (χ1) is 11.3. The lowest BCUT2D eigenvalue weighted by atomic mass is 9.75. The quantitative estimate of drug-likeness (QED) is 0.611. The van der Waals surface area contributed by atoms with E-state index in [0.717, 1.165) is 17.7 Å². The van der Waals surface area contributed by atoms with E-state index >= 15 is 0 Å². The second-order valence-electron chi connectivity index (χ2n) is 6.93. The molecule has 0 bridgehead atoms. The van der Waals surface area contributed by atoms with E-state index in [0.29, 0.717) is 18.8 Å². The van der Waals surface area contributed by atoms with Gasteiger partial charge in [0.05, 0.1) is 17.7 Å². The lowest BCUT2D eigenvalue weighted by Crippen LogP contribution is -2.21. The van der Waals surface area contributed by atoms with Gasteiger partial charge in [-0.25, -0.2) is 13.2 Å². The van der Waals surface area contributed by atoms with E-state index in [1.54, 1.807) is 6.07 Å². The summed E-state index contributed by atoms with van der Waals surface area (Å²) in [6.07, 6.45) is 0.135. The third-order valence-corrected chi connectivity index (χ3v) is 5.26. The highest BCUT2D eigenvalue weighted by molar-refractivity contribution is 9.10. The second-order valence-corrected chi connectivity index (χ2v) is 7.79. The molecule has 2 aromatic rings. The van der Waals surface area contributed by atoms with Gasteiger partial charge in [-0.1, -0.05) is 19.9 Å². The van der Waals surface area contributed by atoms with Gasteiger partial charge in [-0.3, -0.25) is 0 Å². The van der Waals surface area contributed by atoms with Gasteiger partial charge in [-0.2, -0.15) is 0 Å². The highest BCUT2D eigenvalue weighted by Crippen LogP contribution is 2.42. The largest absolute Gasteiger partial charge is 0.380 e. The van der Waals surface area contributed by atoms with Crippen LogP contribution in [0, 0.1) is 22.9 Å². The molecule has 1 saturated heterocycles. The van der Waals surface area contributed by atoms with E-state index in [4.69, 9.17) is 4.74 Å². The maximum Gasteiger partial charge on any atom is 0.137 e. The number of hydrogen-bond acceptors (Lipinski definition) is 1. The van der Waals surface area contributed by atoms with Crippen molar-refractivity contribution in [2.75, 3.05) is 13.2 Å². The Morgan fingerprint density at radius 1 is 1.08 bits per heavy atom. The minimum Gasteiger partial charge on any atom is -0.380 e. The summed E-state index contributed by atoms with van der Waals surface area (Å²) in [4.78, 5) is 0. The topological polar surface area (TPSA) is 9.23 Å². The molecule has 0 radical (unpaired) electrons. The number of halogens is 4. The predicted molar refractivity (Wildman–Crippen MR) is 90.6 cm³/mol. The van der Waals surface area contributed by atoms with E-state index in [2.05, 4.69) is 29.8 Å². The van der Waals surface area contributed by atoms with Gasteiger partial charge in [0.15, 0.2) is 0 Å². The van der Waals surface area contributed by atoms with Crippen molar-refractivity contribution in [3.63, 3.8) is 0 Å². The zero-order valence-electron chi connectivity index (χ0n) is 13.5. The first-order valence-electron chi connectivity index (χ1n) is 7.77. The first kappa shape index (κ1) is 17.5. The molecule has 1 atom stereocenters. The van der Waals surface area contributed by atoms with Crippen LogP contribution in [0.2, 0.25) is 0 Å². The molecular formula is C19H18BrF3O. The standard InChI is InChI=1S/C19H18BrF3O/c1-19(2)10-24-9-15(19)14-4-3-13(21)6-11(14)5-12-7-18(23)16(20)8-17(12)22/h3-4,6-8,15H,5,9-10H2,1-2H3/t15-/m0/s1. The van der Waals surface area contributed by atoms with Gasteiger partial charge >= 0.3 is 0 Å². The van der Waals surface area contributed by atoms with Crippen LogP contribution < -0.4 is 0 Å². The summed E-state index contributed by atoms with van der Waals surface area (Å²) in [5.41, 5.74) is 1.72. The lowest BCUT2D eigenvalue weighted by molar-refractivity contribution is 0.167. The van der Waals surface area contributed by atoms with Crippen molar-refractivity contribution in [1.29, 1.82) is 0 Å². The van der Waals surface area contributed by atoms with E-state index in [9.17, 15) is 13.2 Å². The first-order valence-corrected chi connectivity index (χ1v) is 8.57. The smallest absolute Gasteiger partial charge is 0.137 e. The molecule has 0 N–H and O–H groups in total. The zero-order chi connectivity index (χ0) is 17.5. The Kier molecular flexibility index (Phi) is 4.76. The molecule has 1 nitrogen and oxygen atoms in total. The molecule has 1 heterocycles. The molecule has 24 heavy (non-hydrogen) atoms. The fourth-order valence-corrected chi connectivity index (χ4v) is 3.56. The van der Waals surface area contributed by atoms with Crippen LogP contribution in [0.5, 0.6) is 0 Å². The van der Waals surface area contributed by atoms with Crippen molar-refractivity contribution < 1.29 is 17.9 Å². The number of ether oxygens (including phenoxy) is 1. The predicted octanol–water partition coefficient (Wildman–Crippen LogP) is 5.60. The van der Waals surface area contributed by atoms with Crippen molar-refractivity contribution in [2.45, 2.75) is 26.2 Å².